The summed E-state index contributed by atoms with van der Waals surface area (Å²) in [6.45, 7) is 7.84. The summed E-state index contributed by atoms with van der Waals surface area (Å²) in [5.41, 5.74) is 5.03. The van der Waals surface area contributed by atoms with Crippen LogP contribution in [0.4, 0.5) is 5.69 Å². The lowest BCUT2D eigenvalue weighted by atomic mass is 9.96. The summed E-state index contributed by atoms with van der Waals surface area (Å²) in [6.07, 6.45) is 0.575. The molecule has 28 heavy (non-hydrogen) atoms. The molecule has 1 aromatic heterocycles. The van der Waals surface area contributed by atoms with E-state index in [-0.39, 0.29) is 29.8 Å². The van der Waals surface area contributed by atoms with Crippen molar-refractivity contribution in [1.29, 1.82) is 0 Å². The first kappa shape index (κ1) is 19.5. The minimum atomic E-state index is -0.443. The van der Waals surface area contributed by atoms with Crippen molar-refractivity contribution in [3.05, 3.63) is 56.5 Å². The third-order valence-corrected chi connectivity index (χ3v) is 4.67. The maximum atomic E-state index is 12.2. The number of anilines is 1. The summed E-state index contributed by atoms with van der Waals surface area (Å²) >= 11 is 0. The van der Waals surface area contributed by atoms with Crippen LogP contribution in [0.25, 0.3) is 0 Å². The second-order valence-corrected chi connectivity index (χ2v) is 7.23. The number of H-pyrrole nitrogens is 1. The van der Waals surface area contributed by atoms with Gasteiger partial charge in [-0.3, -0.25) is 19.4 Å². The molecule has 0 radical (unpaired) electrons. The van der Waals surface area contributed by atoms with E-state index < -0.39 is 5.91 Å². The molecule has 0 unspecified atom stereocenters. The van der Waals surface area contributed by atoms with Gasteiger partial charge in [-0.25, -0.2) is 5.10 Å². The molecule has 2 amide bonds. The molecule has 0 spiro atoms. The van der Waals surface area contributed by atoms with Crippen molar-refractivity contribution < 1.29 is 9.59 Å². The quantitative estimate of drug-likeness (QED) is 0.729. The van der Waals surface area contributed by atoms with Crippen molar-refractivity contribution in [2.24, 2.45) is 4.99 Å². The first-order valence-electron chi connectivity index (χ1n) is 9.09. The van der Waals surface area contributed by atoms with Crippen LogP contribution in [0.2, 0.25) is 0 Å². The average molecular weight is 381 g/mol. The number of nitrogens with zero attached hydrogens (tertiary/aromatic N) is 2. The Morgan fingerprint density at radius 2 is 1.86 bits per heavy atom. The van der Waals surface area contributed by atoms with Crippen LogP contribution in [-0.2, 0) is 16.0 Å². The Balaban J connectivity index is 1.81. The third-order valence-electron chi connectivity index (χ3n) is 4.67. The molecule has 0 saturated carbocycles. The largest absolute Gasteiger partial charge is 0.319 e. The highest BCUT2D eigenvalue weighted by Gasteiger charge is 2.20. The van der Waals surface area contributed by atoms with Crippen molar-refractivity contribution in [3.63, 3.8) is 0 Å². The standard InChI is InChI=1S/C20H23N5O3/c1-10(2)15-7-14(24-25-19(15)27)8-16-11(3)5-13(6-12(16)4)22-20(28)18-21-9-17(26)23-18/h5-7,10H,8-9H2,1-4H3,(H,22,28)(H,25,27)(H,21,23,26). The normalized spacial score (nSPS) is 13.5. The molecule has 1 aliphatic heterocycles. The van der Waals surface area contributed by atoms with Crippen molar-refractivity contribution in [3.8, 4) is 0 Å². The van der Waals surface area contributed by atoms with Gasteiger partial charge in [-0.2, -0.15) is 5.10 Å². The molecule has 1 aromatic carbocycles. The Morgan fingerprint density at radius 1 is 1.18 bits per heavy atom. The molecule has 0 saturated heterocycles. The van der Waals surface area contributed by atoms with Crippen LogP contribution in [0.15, 0.2) is 28.0 Å². The third kappa shape index (κ3) is 4.16. The molecule has 2 aromatic rings. The molecule has 0 fully saturated rings. The highest BCUT2D eigenvalue weighted by Crippen LogP contribution is 2.23. The number of aromatic nitrogens is 2. The molecular formula is C20H23N5O3. The van der Waals surface area contributed by atoms with E-state index >= 15 is 0 Å². The Kier molecular flexibility index (Phi) is 5.39. The molecule has 0 atom stereocenters. The van der Waals surface area contributed by atoms with Gasteiger partial charge >= 0.3 is 0 Å². The number of amides is 2. The van der Waals surface area contributed by atoms with Gasteiger partial charge in [0.2, 0.25) is 5.91 Å². The number of benzene rings is 1. The predicted octanol–water partition coefficient (Wildman–Crippen LogP) is 1.57. The average Bonchev–Trinajstić information content (AvgIpc) is 3.06. The zero-order valence-electron chi connectivity index (χ0n) is 16.3. The molecule has 146 valence electrons. The zero-order chi connectivity index (χ0) is 20.4. The van der Waals surface area contributed by atoms with Crippen LogP contribution in [-0.4, -0.2) is 34.4 Å². The van der Waals surface area contributed by atoms with Crippen molar-refractivity contribution in [1.82, 2.24) is 15.5 Å². The summed E-state index contributed by atoms with van der Waals surface area (Å²) in [4.78, 5) is 39.1. The van der Waals surface area contributed by atoms with E-state index in [0.29, 0.717) is 17.7 Å². The van der Waals surface area contributed by atoms with Crippen LogP contribution in [0.5, 0.6) is 0 Å². The molecule has 1 aliphatic rings. The lowest BCUT2D eigenvalue weighted by Gasteiger charge is -2.14. The number of hydrogen-bond acceptors (Lipinski definition) is 5. The second kappa shape index (κ2) is 7.75. The first-order valence-corrected chi connectivity index (χ1v) is 9.09. The van der Waals surface area contributed by atoms with Crippen LogP contribution in [0, 0.1) is 13.8 Å². The van der Waals surface area contributed by atoms with Gasteiger partial charge in [0.05, 0.1) is 5.69 Å². The lowest BCUT2D eigenvalue weighted by molar-refractivity contribution is -0.118. The van der Waals surface area contributed by atoms with E-state index in [1.807, 2.05) is 45.9 Å². The zero-order valence-corrected chi connectivity index (χ0v) is 16.3. The van der Waals surface area contributed by atoms with Gasteiger partial charge in [0.15, 0.2) is 5.84 Å². The maximum Gasteiger partial charge on any atom is 0.291 e. The van der Waals surface area contributed by atoms with E-state index in [1.54, 1.807) is 0 Å². The van der Waals surface area contributed by atoms with Crippen molar-refractivity contribution >= 4 is 23.3 Å². The Bertz CT molecular complexity index is 1010. The number of nitrogens with one attached hydrogen (secondary N) is 3. The van der Waals surface area contributed by atoms with Gasteiger partial charge in [0.1, 0.15) is 6.54 Å². The minimum Gasteiger partial charge on any atom is -0.319 e. The second-order valence-electron chi connectivity index (χ2n) is 7.23. The number of aliphatic imine (C=N–C) groups is 1. The van der Waals surface area contributed by atoms with Gasteiger partial charge in [0, 0.05) is 17.7 Å². The van der Waals surface area contributed by atoms with Gasteiger partial charge in [0.25, 0.3) is 11.5 Å². The van der Waals surface area contributed by atoms with E-state index in [1.165, 1.54) is 0 Å². The van der Waals surface area contributed by atoms with E-state index in [2.05, 4.69) is 25.8 Å². The first-order chi connectivity index (χ1) is 13.2. The van der Waals surface area contributed by atoms with Gasteiger partial charge in [-0.05, 0) is 54.7 Å². The van der Waals surface area contributed by atoms with Gasteiger partial charge in [-0.15, -0.1) is 0 Å². The fraction of sp³-hybridized carbons (Fsp3) is 0.350. The summed E-state index contributed by atoms with van der Waals surface area (Å²) in [5.74, 6) is -0.587. The topological polar surface area (TPSA) is 116 Å². The van der Waals surface area contributed by atoms with Crippen LogP contribution < -0.4 is 16.2 Å². The fourth-order valence-electron chi connectivity index (χ4n) is 3.19. The monoisotopic (exact) mass is 381 g/mol. The molecule has 0 aliphatic carbocycles. The summed E-state index contributed by atoms with van der Waals surface area (Å²) in [5, 5.41) is 11.9. The lowest BCUT2D eigenvalue weighted by Crippen LogP contribution is -2.35. The summed E-state index contributed by atoms with van der Waals surface area (Å²) < 4.78 is 0. The maximum absolute atomic E-state index is 12.2. The predicted molar refractivity (Wildman–Crippen MR) is 107 cm³/mol. The van der Waals surface area contributed by atoms with Crippen LogP contribution in [0.1, 0.15) is 47.7 Å². The molecule has 8 heteroatoms. The van der Waals surface area contributed by atoms with Crippen molar-refractivity contribution in [2.75, 3.05) is 11.9 Å². The van der Waals surface area contributed by atoms with E-state index in [0.717, 1.165) is 22.4 Å². The van der Waals surface area contributed by atoms with Crippen molar-refractivity contribution in [2.45, 2.75) is 40.0 Å². The highest BCUT2D eigenvalue weighted by atomic mass is 16.2. The Labute approximate surface area is 162 Å². The van der Waals surface area contributed by atoms with Gasteiger partial charge < -0.3 is 10.6 Å². The minimum absolute atomic E-state index is 0.0235. The fourth-order valence-corrected chi connectivity index (χ4v) is 3.19. The smallest absolute Gasteiger partial charge is 0.291 e. The Morgan fingerprint density at radius 3 is 2.43 bits per heavy atom. The molecule has 2 heterocycles. The number of amidine groups is 1. The molecule has 8 nitrogen and oxygen atoms in total. The van der Waals surface area contributed by atoms with Crippen LogP contribution >= 0.6 is 0 Å². The number of aryl methyl sites for hydroxylation is 2. The SMILES string of the molecule is Cc1cc(NC(=O)C2=NCC(=O)N2)cc(C)c1Cc1cc(C(C)C)c(=O)[nH]n1. The van der Waals surface area contributed by atoms with E-state index in [4.69, 9.17) is 0 Å². The highest BCUT2D eigenvalue weighted by molar-refractivity contribution is 6.45. The van der Waals surface area contributed by atoms with Crippen LogP contribution in [0.3, 0.4) is 0 Å². The molecule has 0 bridgehead atoms. The van der Waals surface area contributed by atoms with Gasteiger partial charge in [-0.1, -0.05) is 13.8 Å². The number of hydrogen-bond donors (Lipinski definition) is 3. The summed E-state index contributed by atoms with van der Waals surface area (Å²) in [7, 11) is 0. The molecular weight excluding hydrogens is 358 g/mol. The number of rotatable bonds is 5. The number of carbonyl (C=O) groups is 2. The van der Waals surface area contributed by atoms with E-state index in [9.17, 15) is 14.4 Å². The number of aromatic amines is 1. The molecule has 3 N–H and O–H groups in total. The molecule has 3 rings (SSSR count). The summed E-state index contributed by atoms with van der Waals surface area (Å²) in [6, 6.07) is 5.58. The Hall–Kier alpha value is -3.29. The number of carbonyl (C=O) groups excluding carboxylic acids is 2.